The van der Waals surface area contributed by atoms with Crippen molar-refractivity contribution in [3.05, 3.63) is 52.3 Å². The Hall–Kier alpha value is -2.63. The summed E-state index contributed by atoms with van der Waals surface area (Å²) in [6.07, 6.45) is 1.25. The Morgan fingerprint density at radius 1 is 1.31 bits per heavy atom. The van der Waals surface area contributed by atoms with Crippen molar-refractivity contribution in [1.82, 2.24) is 14.7 Å². The first-order valence-corrected chi connectivity index (χ1v) is 8.91. The van der Waals surface area contributed by atoms with Gasteiger partial charge in [-0.2, -0.15) is 5.10 Å². The summed E-state index contributed by atoms with van der Waals surface area (Å²) >= 11 is 0. The minimum atomic E-state index is -0.980. The fourth-order valence-electron chi connectivity index (χ4n) is 3.86. The number of rotatable bonds is 4. The van der Waals surface area contributed by atoms with Gasteiger partial charge < -0.3 is 10.0 Å². The molecular weight excluding hydrogens is 330 g/mol. The molecular formula is C20H25N3O3. The Bertz CT molecular complexity index is 856. The maximum atomic E-state index is 13.1. The highest BCUT2D eigenvalue weighted by molar-refractivity contribution is 5.86. The molecule has 0 aliphatic carbocycles. The summed E-state index contributed by atoms with van der Waals surface area (Å²) in [4.78, 5) is 26.5. The molecule has 1 aromatic heterocycles. The molecule has 0 bridgehead atoms. The topological polar surface area (TPSA) is 75.4 Å². The van der Waals surface area contributed by atoms with Crippen molar-refractivity contribution in [3.8, 4) is 0 Å². The van der Waals surface area contributed by atoms with Crippen molar-refractivity contribution < 1.29 is 14.7 Å². The SMILES string of the molecule is Cc1nn(C)c(C)c1CC(C)C(=O)N1CCc2ccccc2C1C(=O)O. The Balaban J connectivity index is 1.85. The summed E-state index contributed by atoms with van der Waals surface area (Å²) in [5.41, 5.74) is 4.76. The van der Waals surface area contributed by atoms with Crippen LogP contribution in [0.15, 0.2) is 24.3 Å². The van der Waals surface area contributed by atoms with E-state index >= 15 is 0 Å². The standard InChI is InChI=1S/C20H25N3O3/c1-12(11-17-13(2)21-22(4)14(17)3)19(24)23-10-9-15-7-5-6-8-16(15)18(23)20(25)26/h5-8,12,18H,9-11H2,1-4H3,(H,25,26). The van der Waals surface area contributed by atoms with Crippen LogP contribution in [0.5, 0.6) is 0 Å². The highest BCUT2D eigenvalue weighted by atomic mass is 16.4. The van der Waals surface area contributed by atoms with Crippen LogP contribution in [0.1, 0.15) is 41.0 Å². The van der Waals surface area contributed by atoms with Gasteiger partial charge in [0.05, 0.1) is 5.69 Å². The summed E-state index contributed by atoms with van der Waals surface area (Å²) in [5.74, 6) is -1.40. The number of hydrogen-bond donors (Lipinski definition) is 1. The third kappa shape index (κ3) is 3.11. The normalized spacial score (nSPS) is 17.7. The Labute approximate surface area is 153 Å². The Kier molecular flexibility index (Phi) is 4.85. The molecule has 0 fully saturated rings. The third-order valence-electron chi connectivity index (χ3n) is 5.39. The summed E-state index contributed by atoms with van der Waals surface area (Å²) < 4.78 is 1.82. The van der Waals surface area contributed by atoms with Crippen LogP contribution in [0.2, 0.25) is 0 Å². The van der Waals surface area contributed by atoms with E-state index < -0.39 is 12.0 Å². The van der Waals surface area contributed by atoms with Gasteiger partial charge in [-0.1, -0.05) is 31.2 Å². The number of nitrogens with zero attached hydrogens (tertiary/aromatic N) is 3. The lowest BCUT2D eigenvalue weighted by Gasteiger charge is -2.36. The number of amides is 1. The number of hydrogen-bond acceptors (Lipinski definition) is 3. The van der Waals surface area contributed by atoms with Gasteiger partial charge in [0.1, 0.15) is 0 Å². The highest BCUT2D eigenvalue weighted by Gasteiger charge is 2.37. The monoisotopic (exact) mass is 355 g/mol. The average molecular weight is 355 g/mol. The Morgan fingerprint density at radius 2 is 2.00 bits per heavy atom. The van der Waals surface area contributed by atoms with Crippen LogP contribution in [0.3, 0.4) is 0 Å². The average Bonchev–Trinajstić information content (AvgIpc) is 2.85. The van der Waals surface area contributed by atoms with Gasteiger partial charge in [0.2, 0.25) is 5.91 Å². The first kappa shape index (κ1) is 18.2. The number of carbonyl (C=O) groups excluding carboxylic acids is 1. The van der Waals surface area contributed by atoms with Crippen LogP contribution in [0, 0.1) is 19.8 Å². The minimum Gasteiger partial charge on any atom is -0.479 e. The molecule has 1 aliphatic rings. The first-order valence-electron chi connectivity index (χ1n) is 8.91. The molecule has 0 saturated carbocycles. The maximum Gasteiger partial charge on any atom is 0.331 e. The number of carboxylic acids is 1. The number of fused-ring (bicyclic) bond motifs is 1. The van der Waals surface area contributed by atoms with Crippen molar-refractivity contribution in [2.45, 2.75) is 39.7 Å². The van der Waals surface area contributed by atoms with Gasteiger partial charge >= 0.3 is 5.97 Å². The van der Waals surface area contributed by atoms with E-state index in [4.69, 9.17) is 0 Å². The van der Waals surface area contributed by atoms with E-state index in [9.17, 15) is 14.7 Å². The van der Waals surface area contributed by atoms with E-state index in [-0.39, 0.29) is 11.8 Å². The molecule has 6 heteroatoms. The third-order valence-corrected chi connectivity index (χ3v) is 5.39. The molecule has 0 radical (unpaired) electrons. The molecule has 2 aromatic rings. The van der Waals surface area contributed by atoms with Crippen LogP contribution in [-0.2, 0) is 29.5 Å². The van der Waals surface area contributed by atoms with Crippen molar-refractivity contribution in [2.75, 3.05) is 6.54 Å². The zero-order chi connectivity index (χ0) is 19.0. The number of aryl methyl sites for hydroxylation is 2. The molecule has 2 unspecified atom stereocenters. The zero-order valence-corrected chi connectivity index (χ0v) is 15.7. The van der Waals surface area contributed by atoms with Crippen LogP contribution >= 0.6 is 0 Å². The van der Waals surface area contributed by atoms with Crippen LogP contribution in [0.4, 0.5) is 0 Å². The largest absolute Gasteiger partial charge is 0.479 e. The molecule has 6 nitrogen and oxygen atoms in total. The van der Waals surface area contributed by atoms with Crippen LogP contribution in [0.25, 0.3) is 0 Å². The molecule has 3 rings (SSSR count). The lowest BCUT2D eigenvalue weighted by atomic mass is 9.90. The molecule has 26 heavy (non-hydrogen) atoms. The van der Waals surface area contributed by atoms with E-state index in [2.05, 4.69) is 5.10 Å². The van der Waals surface area contributed by atoms with Crippen molar-refractivity contribution in [1.29, 1.82) is 0 Å². The van der Waals surface area contributed by atoms with E-state index in [0.29, 0.717) is 19.4 Å². The van der Waals surface area contributed by atoms with Gasteiger partial charge in [-0.05, 0) is 43.4 Å². The maximum absolute atomic E-state index is 13.1. The molecule has 1 N–H and O–H groups in total. The van der Waals surface area contributed by atoms with Crippen molar-refractivity contribution >= 4 is 11.9 Å². The lowest BCUT2D eigenvalue weighted by molar-refractivity contribution is -0.152. The molecule has 1 aromatic carbocycles. The quantitative estimate of drug-likeness (QED) is 0.914. The van der Waals surface area contributed by atoms with Crippen molar-refractivity contribution in [3.63, 3.8) is 0 Å². The van der Waals surface area contributed by atoms with Crippen molar-refractivity contribution in [2.24, 2.45) is 13.0 Å². The van der Waals surface area contributed by atoms with Crippen LogP contribution < -0.4 is 0 Å². The summed E-state index contributed by atoms with van der Waals surface area (Å²) in [7, 11) is 1.89. The van der Waals surface area contributed by atoms with E-state index in [1.165, 1.54) is 4.90 Å². The highest BCUT2D eigenvalue weighted by Crippen LogP contribution is 2.31. The summed E-state index contributed by atoms with van der Waals surface area (Å²) in [6, 6.07) is 6.58. The molecule has 0 spiro atoms. The lowest BCUT2D eigenvalue weighted by Crippen LogP contribution is -2.46. The second-order valence-corrected chi connectivity index (χ2v) is 7.10. The first-order chi connectivity index (χ1) is 12.3. The van der Waals surface area contributed by atoms with Gasteiger partial charge in [-0.15, -0.1) is 0 Å². The van der Waals surface area contributed by atoms with E-state index in [1.54, 1.807) is 0 Å². The van der Waals surface area contributed by atoms with Gasteiger partial charge in [-0.3, -0.25) is 9.48 Å². The predicted octanol–water partition coefficient (Wildman–Crippen LogP) is 2.43. The summed E-state index contributed by atoms with van der Waals surface area (Å²) in [6.45, 7) is 6.23. The fraction of sp³-hybridized carbons (Fsp3) is 0.450. The van der Waals surface area contributed by atoms with E-state index in [1.807, 2.05) is 56.8 Å². The number of benzene rings is 1. The van der Waals surface area contributed by atoms with Gasteiger partial charge in [0.25, 0.3) is 0 Å². The number of aromatic nitrogens is 2. The molecule has 1 aliphatic heterocycles. The Morgan fingerprint density at radius 3 is 2.62 bits per heavy atom. The zero-order valence-electron chi connectivity index (χ0n) is 15.7. The molecule has 138 valence electrons. The minimum absolute atomic E-state index is 0.116. The molecule has 2 atom stereocenters. The van der Waals surface area contributed by atoms with Gasteiger partial charge in [0.15, 0.2) is 6.04 Å². The smallest absolute Gasteiger partial charge is 0.331 e. The fourth-order valence-corrected chi connectivity index (χ4v) is 3.86. The molecule has 2 heterocycles. The molecule has 0 saturated heterocycles. The predicted molar refractivity (Wildman–Crippen MR) is 97.8 cm³/mol. The number of aliphatic carboxylic acids is 1. The second kappa shape index (κ2) is 6.94. The number of carbonyl (C=O) groups is 2. The number of carboxylic acid groups (broad SMARTS) is 1. The van der Waals surface area contributed by atoms with Gasteiger partial charge in [-0.25, -0.2) is 4.79 Å². The van der Waals surface area contributed by atoms with Gasteiger partial charge in [0, 0.05) is 25.2 Å². The summed E-state index contributed by atoms with van der Waals surface area (Å²) in [5, 5.41) is 14.2. The second-order valence-electron chi connectivity index (χ2n) is 7.10. The van der Waals surface area contributed by atoms with E-state index in [0.717, 1.165) is 28.1 Å². The molecule has 1 amide bonds. The van der Waals surface area contributed by atoms with Crippen LogP contribution in [-0.4, -0.2) is 38.2 Å².